The van der Waals surface area contributed by atoms with E-state index in [1.165, 1.54) is 5.56 Å². The zero-order valence-corrected chi connectivity index (χ0v) is 8.32. The van der Waals surface area contributed by atoms with E-state index in [2.05, 4.69) is 4.98 Å². The molecule has 0 radical (unpaired) electrons. The summed E-state index contributed by atoms with van der Waals surface area (Å²) in [7, 11) is 0. The molecule has 0 N–H and O–H groups in total. The standard InChI is InChI=1S/C11H12N2O/c1-8-3-4-13-7-12-10(6-9(2)14)11(13)5-8/h3-5,7H,6H2,1-2H3. The number of imidazole rings is 1. The van der Waals surface area contributed by atoms with Crippen LogP contribution in [0.5, 0.6) is 0 Å². The minimum absolute atomic E-state index is 0.145. The lowest BCUT2D eigenvalue weighted by atomic mass is 10.2. The van der Waals surface area contributed by atoms with E-state index in [1.807, 2.05) is 29.7 Å². The van der Waals surface area contributed by atoms with Gasteiger partial charge in [0.15, 0.2) is 0 Å². The molecule has 14 heavy (non-hydrogen) atoms. The van der Waals surface area contributed by atoms with Crippen molar-refractivity contribution >= 4 is 11.3 Å². The molecule has 0 aliphatic heterocycles. The first kappa shape index (κ1) is 8.94. The molecule has 2 heterocycles. The second-order valence-electron chi connectivity index (χ2n) is 3.57. The largest absolute Gasteiger partial charge is 0.306 e. The number of aromatic nitrogens is 2. The fourth-order valence-electron chi connectivity index (χ4n) is 1.52. The Bertz CT molecular complexity index is 485. The summed E-state index contributed by atoms with van der Waals surface area (Å²) in [5, 5.41) is 0. The highest BCUT2D eigenvalue weighted by Crippen LogP contribution is 2.12. The number of aryl methyl sites for hydroxylation is 1. The Balaban J connectivity index is 2.55. The van der Waals surface area contributed by atoms with Gasteiger partial charge in [-0.2, -0.15) is 0 Å². The number of hydrogen-bond acceptors (Lipinski definition) is 2. The molecule has 3 heteroatoms. The van der Waals surface area contributed by atoms with Crippen molar-refractivity contribution in [3.05, 3.63) is 35.9 Å². The predicted molar refractivity (Wildman–Crippen MR) is 54.3 cm³/mol. The first-order chi connectivity index (χ1) is 6.66. The Morgan fingerprint density at radius 2 is 2.36 bits per heavy atom. The molecule has 72 valence electrons. The molecule has 0 fully saturated rings. The number of rotatable bonds is 2. The number of hydrogen-bond donors (Lipinski definition) is 0. The average Bonchev–Trinajstić information content (AvgIpc) is 2.47. The molecule has 0 saturated carbocycles. The van der Waals surface area contributed by atoms with Gasteiger partial charge in [-0.25, -0.2) is 4.98 Å². The summed E-state index contributed by atoms with van der Waals surface area (Å²) in [5.74, 6) is 0.145. The van der Waals surface area contributed by atoms with Crippen LogP contribution >= 0.6 is 0 Å². The minimum atomic E-state index is 0.145. The Morgan fingerprint density at radius 1 is 1.57 bits per heavy atom. The van der Waals surface area contributed by atoms with Crippen molar-refractivity contribution in [1.29, 1.82) is 0 Å². The van der Waals surface area contributed by atoms with Gasteiger partial charge in [-0.1, -0.05) is 0 Å². The van der Waals surface area contributed by atoms with Gasteiger partial charge in [0.2, 0.25) is 0 Å². The van der Waals surface area contributed by atoms with Crippen LogP contribution in [0.15, 0.2) is 24.7 Å². The SMILES string of the molecule is CC(=O)Cc1ncn2ccc(C)cc12. The first-order valence-corrected chi connectivity index (χ1v) is 4.58. The van der Waals surface area contributed by atoms with Gasteiger partial charge in [0.05, 0.1) is 24.0 Å². The van der Waals surface area contributed by atoms with Crippen LogP contribution in [0.3, 0.4) is 0 Å². The van der Waals surface area contributed by atoms with Crippen molar-refractivity contribution in [3.63, 3.8) is 0 Å². The average molecular weight is 188 g/mol. The quantitative estimate of drug-likeness (QED) is 0.719. The lowest BCUT2D eigenvalue weighted by molar-refractivity contribution is -0.116. The number of fused-ring (bicyclic) bond motifs is 1. The zero-order chi connectivity index (χ0) is 10.1. The van der Waals surface area contributed by atoms with Crippen LogP contribution in [0.2, 0.25) is 0 Å². The third kappa shape index (κ3) is 1.53. The smallest absolute Gasteiger partial charge is 0.135 e. The Kier molecular flexibility index (Phi) is 2.08. The molecule has 2 aromatic heterocycles. The summed E-state index contributed by atoms with van der Waals surface area (Å²) in [4.78, 5) is 15.2. The van der Waals surface area contributed by atoms with Gasteiger partial charge < -0.3 is 4.40 Å². The second kappa shape index (κ2) is 3.25. The lowest BCUT2D eigenvalue weighted by Crippen LogP contribution is -1.97. The first-order valence-electron chi connectivity index (χ1n) is 4.58. The molecule has 0 bridgehead atoms. The Hall–Kier alpha value is -1.64. The van der Waals surface area contributed by atoms with Crippen molar-refractivity contribution in [2.24, 2.45) is 0 Å². The number of ketones is 1. The second-order valence-corrected chi connectivity index (χ2v) is 3.57. The van der Waals surface area contributed by atoms with E-state index in [4.69, 9.17) is 0 Å². The minimum Gasteiger partial charge on any atom is -0.306 e. The summed E-state index contributed by atoms with van der Waals surface area (Å²) >= 11 is 0. The number of Topliss-reactive ketones (excluding diaryl/α,β-unsaturated/α-hetero) is 1. The number of nitrogens with zero attached hydrogens (tertiary/aromatic N) is 2. The van der Waals surface area contributed by atoms with E-state index in [0.717, 1.165) is 11.2 Å². The van der Waals surface area contributed by atoms with Gasteiger partial charge >= 0.3 is 0 Å². The highest BCUT2D eigenvalue weighted by molar-refractivity contribution is 5.80. The van der Waals surface area contributed by atoms with Crippen LogP contribution in [0.25, 0.3) is 5.52 Å². The molecule has 0 aliphatic carbocycles. The Morgan fingerprint density at radius 3 is 3.07 bits per heavy atom. The number of carbonyl (C=O) groups excluding carboxylic acids is 1. The van der Waals surface area contributed by atoms with Gasteiger partial charge in [0.1, 0.15) is 5.78 Å². The fourth-order valence-corrected chi connectivity index (χ4v) is 1.52. The molecule has 3 nitrogen and oxygen atoms in total. The normalized spacial score (nSPS) is 10.7. The van der Waals surface area contributed by atoms with Crippen molar-refractivity contribution < 1.29 is 4.79 Å². The predicted octanol–water partition coefficient (Wildman–Crippen LogP) is 1.77. The third-order valence-electron chi connectivity index (χ3n) is 2.19. The molecule has 0 spiro atoms. The third-order valence-corrected chi connectivity index (χ3v) is 2.19. The van der Waals surface area contributed by atoms with Gasteiger partial charge in [-0.3, -0.25) is 4.79 Å². The van der Waals surface area contributed by atoms with E-state index in [-0.39, 0.29) is 5.78 Å². The molecule has 0 atom stereocenters. The van der Waals surface area contributed by atoms with Crippen LogP contribution in [-0.4, -0.2) is 15.2 Å². The summed E-state index contributed by atoms with van der Waals surface area (Å²) in [6.45, 7) is 3.62. The van der Waals surface area contributed by atoms with E-state index in [9.17, 15) is 4.79 Å². The molecule has 2 aromatic rings. The molecule has 2 rings (SSSR count). The summed E-state index contributed by atoms with van der Waals surface area (Å²) in [6, 6.07) is 4.07. The highest BCUT2D eigenvalue weighted by atomic mass is 16.1. The van der Waals surface area contributed by atoms with Crippen LogP contribution in [0.4, 0.5) is 0 Å². The maximum absolute atomic E-state index is 11.0. The highest BCUT2D eigenvalue weighted by Gasteiger charge is 2.06. The molecular formula is C11H12N2O. The van der Waals surface area contributed by atoms with Gasteiger partial charge in [0, 0.05) is 6.20 Å². The Labute approximate surface area is 82.4 Å². The number of pyridine rings is 1. The lowest BCUT2D eigenvalue weighted by Gasteiger charge is -1.97. The molecule has 0 amide bonds. The van der Waals surface area contributed by atoms with Gasteiger partial charge in [-0.15, -0.1) is 0 Å². The number of carbonyl (C=O) groups is 1. The van der Waals surface area contributed by atoms with Crippen LogP contribution in [0, 0.1) is 6.92 Å². The summed E-state index contributed by atoms with van der Waals surface area (Å²) in [6.07, 6.45) is 4.12. The van der Waals surface area contributed by atoms with Crippen molar-refractivity contribution in [2.75, 3.05) is 0 Å². The van der Waals surface area contributed by atoms with Crippen LogP contribution in [-0.2, 0) is 11.2 Å². The van der Waals surface area contributed by atoms with E-state index < -0.39 is 0 Å². The molecular weight excluding hydrogens is 176 g/mol. The van der Waals surface area contributed by atoms with E-state index in [0.29, 0.717) is 6.42 Å². The maximum atomic E-state index is 11.0. The van der Waals surface area contributed by atoms with Crippen molar-refractivity contribution in [1.82, 2.24) is 9.38 Å². The molecule has 0 saturated heterocycles. The summed E-state index contributed by atoms with van der Waals surface area (Å²) in [5.41, 5.74) is 3.07. The van der Waals surface area contributed by atoms with Crippen LogP contribution in [0.1, 0.15) is 18.2 Å². The van der Waals surface area contributed by atoms with Crippen molar-refractivity contribution in [3.8, 4) is 0 Å². The van der Waals surface area contributed by atoms with Crippen LogP contribution < -0.4 is 0 Å². The fraction of sp³-hybridized carbons (Fsp3) is 0.273. The maximum Gasteiger partial charge on any atom is 0.135 e. The van der Waals surface area contributed by atoms with Crippen molar-refractivity contribution in [2.45, 2.75) is 20.3 Å². The topological polar surface area (TPSA) is 34.4 Å². The molecule has 0 aliphatic rings. The van der Waals surface area contributed by atoms with E-state index >= 15 is 0 Å². The van der Waals surface area contributed by atoms with Gasteiger partial charge in [0.25, 0.3) is 0 Å². The monoisotopic (exact) mass is 188 g/mol. The summed E-state index contributed by atoms with van der Waals surface area (Å²) < 4.78 is 1.94. The molecule has 0 aromatic carbocycles. The van der Waals surface area contributed by atoms with E-state index in [1.54, 1.807) is 13.3 Å². The zero-order valence-electron chi connectivity index (χ0n) is 8.32. The molecule has 0 unspecified atom stereocenters. The van der Waals surface area contributed by atoms with Gasteiger partial charge in [-0.05, 0) is 31.5 Å².